The van der Waals surface area contributed by atoms with Crippen molar-refractivity contribution in [1.82, 2.24) is 5.32 Å². The minimum atomic E-state index is 0.261. The average molecular weight is 199 g/mol. The van der Waals surface area contributed by atoms with Gasteiger partial charge in [0.15, 0.2) is 0 Å². The maximum absolute atomic E-state index is 5.09. The number of methoxy groups -OCH3 is 1. The summed E-state index contributed by atoms with van der Waals surface area (Å²) >= 11 is 0. The number of nitrogens with one attached hydrogen (secondary N) is 1. The second-order valence-corrected chi connectivity index (χ2v) is 5.70. The first-order valence-electron chi connectivity index (χ1n) is 5.71. The van der Waals surface area contributed by atoms with Crippen molar-refractivity contribution in [3.05, 3.63) is 0 Å². The molecule has 1 aliphatic rings. The van der Waals surface area contributed by atoms with Gasteiger partial charge in [-0.2, -0.15) is 0 Å². The Balaban J connectivity index is 2.16. The van der Waals surface area contributed by atoms with Crippen LogP contribution in [0.1, 0.15) is 46.5 Å². The van der Waals surface area contributed by atoms with Gasteiger partial charge in [-0.05, 0) is 51.9 Å². The number of hydrogen-bond donors (Lipinski definition) is 1. The van der Waals surface area contributed by atoms with Crippen molar-refractivity contribution in [3.8, 4) is 0 Å². The van der Waals surface area contributed by atoms with Crippen molar-refractivity contribution in [2.75, 3.05) is 20.3 Å². The highest BCUT2D eigenvalue weighted by Crippen LogP contribution is 2.49. The average Bonchev–Trinajstić information content (AvgIpc) is 2.82. The Hall–Kier alpha value is -0.0800. The molecule has 0 aromatic rings. The fraction of sp³-hybridized carbons (Fsp3) is 1.00. The van der Waals surface area contributed by atoms with E-state index < -0.39 is 0 Å². The molecular weight excluding hydrogens is 174 g/mol. The van der Waals surface area contributed by atoms with Gasteiger partial charge in [-0.3, -0.25) is 0 Å². The lowest BCUT2D eigenvalue weighted by Crippen LogP contribution is -2.39. The van der Waals surface area contributed by atoms with Crippen LogP contribution in [0.25, 0.3) is 0 Å². The van der Waals surface area contributed by atoms with Gasteiger partial charge in [0.2, 0.25) is 0 Å². The van der Waals surface area contributed by atoms with Crippen molar-refractivity contribution >= 4 is 0 Å². The lowest BCUT2D eigenvalue weighted by molar-refractivity contribution is 0.183. The maximum Gasteiger partial charge on any atom is 0.0462 e. The highest BCUT2D eigenvalue weighted by atomic mass is 16.5. The fourth-order valence-electron chi connectivity index (χ4n) is 1.74. The van der Waals surface area contributed by atoms with Crippen molar-refractivity contribution in [2.45, 2.75) is 52.0 Å². The zero-order valence-corrected chi connectivity index (χ0v) is 10.2. The van der Waals surface area contributed by atoms with Crippen LogP contribution in [-0.4, -0.2) is 25.8 Å². The van der Waals surface area contributed by atoms with Gasteiger partial charge in [0.1, 0.15) is 0 Å². The summed E-state index contributed by atoms with van der Waals surface area (Å²) in [6, 6.07) is 0. The van der Waals surface area contributed by atoms with E-state index in [0.29, 0.717) is 5.41 Å². The second kappa shape index (κ2) is 4.63. The fourth-order valence-corrected chi connectivity index (χ4v) is 1.74. The lowest BCUT2D eigenvalue weighted by atomic mass is 9.98. The largest absolute Gasteiger partial charge is 0.385 e. The summed E-state index contributed by atoms with van der Waals surface area (Å²) in [5, 5.41) is 3.61. The third-order valence-electron chi connectivity index (χ3n) is 3.01. The zero-order chi connectivity index (χ0) is 10.7. The SMILES string of the molecule is COCCCC1(CNC(C)(C)C)CC1. The molecule has 1 saturated carbocycles. The Kier molecular flexibility index (Phi) is 3.96. The third kappa shape index (κ3) is 4.43. The van der Waals surface area contributed by atoms with E-state index in [9.17, 15) is 0 Å². The molecule has 1 N–H and O–H groups in total. The number of ether oxygens (including phenoxy) is 1. The quantitative estimate of drug-likeness (QED) is 0.664. The maximum atomic E-state index is 5.09. The van der Waals surface area contributed by atoms with Gasteiger partial charge < -0.3 is 10.1 Å². The molecule has 0 atom stereocenters. The van der Waals surface area contributed by atoms with Gasteiger partial charge in [-0.1, -0.05) is 0 Å². The van der Waals surface area contributed by atoms with Crippen LogP contribution in [0.4, 0.5) is 0 Å². The molecule has 2 heteroatoms. The molecule has 0 saturated heterocycles. The van der Waals surface area contributed by atoms with Crippen LogP contribution in [0, 0.1) is 5.41 Å². The predicted octanol–water partition coefficient (Wildman–Crippen LogP) is 2.58. The van der Waals surface area contributed by atoms with Crippen molar-refractivity contribution in [1.29, 1.82) is 0 Å². The van der Waals surface area contributed by atoms with Gasteiger partial charge in [0.05, 0.1) is 0 Å². The summed E-state index contributed by atoms with van der Waals surface area (Å²) in [4.78, 5) is 0. The molecule has 0 aromatic heterocycles. The van der Waals surface area contributed by atoms with E-state index in [2.05, 4.69) is 26.1 Å². The predicted molar refractivity (Wildman–Crippen MR) is 60.5 cm³/mol. The molecule has 1 fully saturated rings. The van der Waals surface area contributed by atoms with Crippen LogP contribution in [0.2, 0.25) is 0 Å². The molecule has 0 heterocycles. The van der Waals surface area contributed by atoms with Gasteiger partial charge in [0.25, 0.3) is 0 Å². The molecule has 0 bridgehead atoms. The normalized spacial score (nSPS) is 19.7. The molecule has 0 aliphatic heterocycles. The summed E-state index contributed by atoms with van der Waals surface area (Å²) in [5.74, 6) is 0. The van der Waals surface area contributed by atoms with Gasteiger partial charge in [-0.15, -0.1) is 0 Å². The van der Waals surface area contributed by atoms with E-state index in [4.69, 9.17) is 4.74 Å². The van der Waals surface area contributed by atoms with Crippen molar-refractivity contribution in [3.63, 3.8) is 0 Å². The molecule has 1 aliphatic carbocycles. The van der Waals surface area contributed by atoms with Crippen LogP contribution < -0.4 is 5.32 Å². The second-order valence-electron chi connectivity index (χ2n) is 5.70. The molecule has 0 amide bonds. The zero-order valence-electron chi connectivity index (χ0n) is 10.2. The van der Waals surface area contributed by atoms with E-state index >= 15 is 0 Å². The molecule has 0 unspecified atom stereocenters. The Bertz CT molecular complexity index is 168. The Morgan fingerprint density at radius 3 is 2.36 bits per heavy atom. The standard InChI is InChI=1S/C12H25NO/c1-11(2,3)13-10-12(7-8-12)6-5-9-14-4/h13H,5-10H2,1-4H3. The van der Waals surface area contributed by atoms with Gasteiger partial charge in [0, 0.05) is 25.8 Å². The van der Waals surface area contributed by atoms with E-state index in [1.807, 2.05) is 0 Å². The molecule has 0 spiro atoms. The highest BCUT2D eigenvalue weighted by Gasteiger charge is 2.41. The molecule has 2 nitrogen and oxygen atoms in total. The van der Waals surface area contributed by atoms with Crippen LogP contribution >= 0.6 is 0 Å². The summed E-state index contributed by atoms with van der Waals surface area (Å²) in [7, 11) is 1.78. The van der Waals surface area contributed by atoms with E-state index in [1.165, 1.54) is 32.2 Å². The van der Waals surface area contributed by atoms with E-state index in [1.54, 1.807) is 7.11 Å². The van der Waals surface area contributed by atoms with Crippen LogP contribution in [-0.2, 0) is 4.74 Å². The Morgan fingerprint density at radius 1 is 1.29 bits per heavy atom. The van der Waals surface area contributed by atoms with Gasteiger partial charge >= 0.3 is 0 Å². The first kappa shape index (κ1) is 12.0. The monoisotopic (exact) mass is 199 g/mol. The van der Waals surface area contributed by atoms with E-state index in [0.717, 1.165) is 6.61 Å². The highest BCUT2D eigenvalue weighted by molar-refractivity contribution is 4.95. The number of hydrogen-bond acceptors (Lipinski definition) is 2. The Labute approximate surface area is 88.4 Å². The van der Waals surface area contributed by atoms with Crippen LogP contribution in [0.15, 0.2) is 0 Å². The molecule has 14 heavy (non-hydrogen) atoms. The molecule has 84 valence electrons. The van der Waals surface area contributed by atoms with Crippen molar-refractivity contribution < 1.29 is 4.74 Å². The summed E-state index contributed by atoms with van der Waals surface area (Å²) < 4.78 is 5.09. The summed E-state index contributed by atoms with van der Waals surface area (Å²) in [6.07, 6.45) is 5.34. The molecule has 0 aromatic carbocycles. The smallest absolute Gasteiger partial charge is 0.0462 e. The third-order valence-corrected chi connectivity index (χ3v) is 3.01. The molecule has 1 rings (SSSR count). The minimum absolute atomic E-state index is 0.261. The molecule has 0 radical (unpaired) electrons. The van der Waals surface area contributed by atoms with E-state index in [-0.39, 0.29) is 5.54 Å². The van der Waals surface area contributed by atoms with Crippen LogP contribution in [0.3, 0.4) is 0 Å². The molecular formula is C12H25NO. The summed E-state index contributed by atoms with van der Waals surface area (Å²) in [6.45, 7) is 8.80. The van der Waals surface area contributed by atoms with Gasteiger partial charge in [-0.25, -0.2) is 0 Å². The lowest BCUT2D eigenvalue weighted by Gasteiger charge is -2.25. The summed E-state index contributed by atoms with van der Waals surface area (Å²) in [5.41, 5.74) is 0.878. The first-order chi connectivity index (χ1) is 6.47. The van der Waals surface area contributed by atoms with Crippen molar-refractivity contribution in [2.24, 2.45) is 5.41 Å². The Morgan fingerprint density at radius 2 is 1.93 bits per heavy atom. The first-order valence-corrected chi connectivity index (χ1v) is 5.71. The number of rotatable bonds is 6. The minimum Gasteiger partial charge on any atom is -0.385 e. The topological polar surface area (TPSA) is 21.3 Å². The van der Waals surface area contributed by atoms with Crippen LogP contribution in [0.5, 0.6) is 0 Å².